The van der Waals surface area contributed by atoms with Crippen molar-refractivity contribution >= 4 is 10.9 Å². The number of nitrogens with one attached hydrogen (secondary N) is 2. The first-order chi connectivity index (χ1) is 16.7. The number of aromatic nitrogens is 4. The highest BCUT2D eigenvalue weighted by Gasteiger charge is 2.15. The van der Waals surface area contributed by atoms with Crippen LogP contribution in [0.15, 0.2) is 85.3 Å². The second-order valence-electron chi connectivity index (χ2n) is 8.81. The molecule has 5 aromatic rings. The van der Waals surface area contributed by atoms with E-state index < -0.39 is 0 Å². The molecule has 0 aliphatic rings. The van der Waals surface area contributed by atoms with Crippen molar-refractivity contribution in [1.82, 2.24) is 25.5 Å². The summed E-state index contributed by atoms with van der Waals surface area (Å²) in [7, 11) is 0. The van der Waals surface area contributed by atoms with E-state index in [-0.39, 0.29) is 0 Å². The number of nitrogens with zero attached hydrogens (tertiary/aromatic N) is 3. The molecular weight excluding hydrogens is 418 g/mol. The Labute approximate surface area is 200 Å². The van der Waals surface area contributed by atoms with Crippen molar-refractivity contribution in [3.63, 3.8) is 0 Å². The summed E-state index contributed by atoms with van der Waals surface area (Å²) in [6, 6.07) is 23.4. The maximum Gasteiger partial charge on any atom is 0.0827 e. The van der Waals surface area contributed by atoms with Crippen LogP contribution in [0.2, 0.25) is 0 Å². The average molecular weight is 448 g/mol. The quantitative estimate of drug-likeness (QED) is 0.285. The van der Waals surface area contributed by atoms with Crippen LogP contribution in [0, 0.1) is 5.92 Å². The van der Waals surface area contributed by atoms with Gasteiger partial charge in [-0.15, -0.1) is 0 Å². The van der Waals surface area contributed by atoms with Crippen molar-refractivity contribution in [3.8, 4) is 33.6 Å². The molecule has 5 nitrogen and oxygen atoms in total. The van der Waals surface area contributed by atoms with Gasteiger partial charge in [0.2, 0.25) is 0 Å². The van der Waals surface area contributed by atoms with E-state index >= 15 is 0 Å². The first-order valence-electron chi connectivity index (χ1n) is 11.9. The molecule has 34 heavy (non-hydrogen) atoms. The van der Waals surface area contributed by atoms with Gasteiger partial charge in [0, 0.05) is 41.0 Å². The number of fused-ring (bicyclic) bond motifs is 1. The third-order valence-electron chi connectivity index (χ3n) is 6.35. The molecule has 0 fully saturated rings. The molecule has 0 bridgehead atoms. The van der Waals surface area contributed by atoms with E-state index in [0.717, 1.165) is 57.6 Å². The third-order valence-corrected chi connectivity index (χ3v) is 6.35. The molecule has 170 valence electrons. The Balaban J connectivity index is 1.56. The topological polar surface area (TPSA) is 66.5 Å². The van der Waals surface area contributed by atoms with Crippen molar-refractivity contribution in [2.24, 2.45) is 5.92 Å². The number of pyridine rings is 2. The molecule has 1 atom stereocenters. The van der Waals surface area contributed by atoms with Crippen LogP contribution in [0.3, 0.4) is 0 Å². The fourth-order valence-electron chi connectivity index (χ4n) is 4.15. The van der Waals surface area contributed by atoms with E-state index in [2.05, 4.69) is 88.9 Å². The van der Waals surface area contributed by atoms with Crippen molar-refractivity contribution in [2.45, 2.75) is 26.8 Å². The fourth-order valence-corrected chi connectivity index (χ4v) is 4.15. The molecule has 0 aliphatic heterocycles. The second kappa shape index (κ2) is 9.98. The summed E-state index contributed by atoms with van der Waals surface area (Å²) in [6.07, 6.45) is 6.67. The Bertz CT molecular complexity index is 1360. The summed E-state index contributed by atoms with van der Waals surface area (Å²) >= 11 is 0. The minimum atomic E-state index is 0.691. The fraction of sp³-hybridized carbons (Fsp3) is 0.207. The SMILES string of the molecule is CCC(C)CNCc1ccc(-c2nc3ccnc(-c4cn[nH]c4)c3cc2-c2ccccc2)cc1. The van der Waals surface area contributed by atoms with Crippen LogP contribution in [-0.4, -0.2) is 26.7 Å². The summed E-state index contributed by atoms with van der Waals surface area (Å²) in [5, 5.41) is 11.6. The maximum atomic E-state index is 5.13. The van der Waals surface area contributed by atoms with Gasteiger partial charge in [-0.05, 0) is 35.7 Å². The second-order valence-corrected chi connectivity index (χ2v) is 8.81. The van der Waals surface area contributed by atoms with E-state index in [1.807, 2.05) is 24.5 Å². The zero-order valence-electron chi connectivity index (χ0n) is 19.6. The minimum absolute atomic E-state index is 0.691. The Kier molecular flexibility index (Phi) is 6.45. The van der Waals surface area contributed by atoms with Gasteiger partial charge >= 0.3 is 0 Å². The largest absolute Gasteiger partial charge is 0.312 e. The Morgan fingerprint density at radius 3 is 2.47 bits per heavy atom. The lowest BCUT2D eigenvalue weighted by atomic mass is 9.96. The van der Waals surface area contributed by atoms with Crippen LogP contribution in [0.4, 0.5) is 0 Å². The molecule has 0 amide bonds. The van der Waals surface area contributed by atoms with E-state index in [1.165, 1.54) is 12.0 Å². The smallest absolute Gasteiger partial charge is 0.0827 e. The van der Waals surface area contributed by atoms with E-state index in [1.54, 1.807) is 6.20 Å². The zero-order valence-corrected chi connectivity index (χ0v) is 19.6. The number of hydrogen-bond donors (Lipinski definition) is 2. The highest BCUT2D eigenvalue weighted by Crippen LogP contribution is 2.36. The summed E-state index contributed by atoms with van der Waals surface area (Å²) in [4.78, 5) is 9.77. The van der Waals surface area contributed by atoms with Gasteiger partial charge in [-0.2, -0.15) is 5.10 Å². The Morgan fingerprint density at radius 2 is 1.74 bits per heavy atom. The molecular formula is C29H29N5. The lowest BCUT2D eigenvalue weighted by molar-refractivity contribution is 0.500. The van der Waals surface area contributed by atoms with E-state index in [4.69, 9.17) is 4.98 Å². The van der Waals surface area contributed by atoms with Crippen molar-refractivity contribution in [1.29, 1.82) is 0 Å². The van der Waals surface area contributed by atoms with Gasteiger partial charge in [-0.1, -0.05) is 74.9 Å². The summed E-state index contributed by atoms with van der Waals surface area (Å²) < 4.78 is 0. The average Bonchev–Trinajstić information content (AvgIpc) is 3.43. The molecule has 0 aliphatic carbocycles. The highest BCUT2D eigenvalue weighted by atomic mass is 15.1. The minimum Gasteiger partial charge on any atom is -0.312 e. The van der Waals surface area contributed by atoms with Gasteiger partial charge in [-0.25, -0.2) is 4.98 Å². The molecule has 0 saturated heterocycles. The molecule has 3 heterocycles. The molecule has 0 spiro atoms. The van der Waals surface area contributed by atoms with Crippen LogP contribution < -0.4 is 5.32 Å². The molecule has 1 unspecified atom stereocenters. The zero-order chi connectivity index (χ0) is 23.3. The first-order valence-corrected chi connectivity index (χ1v) is 11.9. The molecule has 2 aromatic carbocycles. The summed E-state index contributed by atoms with van der Waals surface area (Å²) in [5.41, 5.74) is 8.33. The molecule has 2 N–H and O–H groups in total. The maximum absolute atomic E-state index is 5.13. The molecule has 5 rings (SSSR count). The van der Waals surface area contributed by atoms with Gasteiger partial charge in [0.15, 0.2) is 0 Å². The third kappa shape index (κ3) is 4.61. The summed E-state index contributed by atoms with van der Waals surface area (Å²) in [5.74, 6) is 0.691. The van der Waals surface area contributed by atoms with Crippen molar-refractivity contribution < 1.29 is 0 Å². The molecule has 5 heteroatoms. The molecule has 0 radical (unpaired) electrons. The van der Waals surface area contributed by atoms with Gasteiger partial charge in [0.1, 0.15) is 0 Å². The number of H-pyrrole nitrogens is 1. The molecule has 0 saturated carbocycles. The van der Waals surface area contributed by atoms with Crippen LogP contribution >= 0.6 is 0 Å². The Morgan fingerprint density at radius 1 is 0.912 bits per heavy atom. The standard InChI is InChI=1S/C29H29N5/c1-3-20(2)16-30-17-21-9-11-23(12-10-21)29-25(22-7-5-4-6-8-22)15-26-27(34-29)13-14-31-28(26)24-18-32-33-19-24/h4-15,18-20,30H,3,16-17H2,1-2H3,(H,32,33). The van der Waals surface area contributed by atoms with E-state index in [9.17, 15) is 0 Å². The summed E-state index contributed by atoms with van der Waals surface area (Å²) in [6.45, 7) is 6.42. The Hall–Kier alpha value is -3.83. The highest BCUT2D eigenvalue weighted by molar-refractivity contribution is 5.98. The number of aromatic amines is 1. The van der Waals surface area contributed by atoms with E-state index in [0.29, 0.717) is 5.92 Å². The number of rotatable bonds is 8. The van der Waals surface area contributed by atoms with Crippen LogP contribution in [0.1, 0.15) is 25.8 Å². The van der Waals surface area contributed by atoms with Gasteiger partial charge < -0.3 is 5.32 Å². The normalized spacial score (nSPS) is 12.2. The first kappa shape index (κ1) is 22.0. The van der Waals surface area contributed by atoms with Crippen molar-refractivity contribution in [3.05, 3.63) is 90.9 Å². The number of hydrogen-bond acceptors (Lipinski definition) is 4. The van der Waals surface area contributed by atoms with Crippen molar-refractivity contribution in [2.75, 3.05) is 6.54 Å². The van der Waals surface area contributed by atoms with Crippen LogP contribution in [0.5, 0.6) is 0 Å². The predicted molar refractivity (Wildman–Crippen MR) is 139 cm³/mol. The van der Waals surface area contributed by atoms with Crippen LogP contribution in [0.25, 0.3) is 44.5 Å². The predicted octanol–water partition coefficient (Wildman–Crippen LogP) is 6.49. The lowest BCUT2D eigenvalue weighted by Crippen LogP contribution is -2.20. The van der Waals surface area contributed by atoms with Gasteiger partial charge in [-0.3, -0.25) is 10.1 Å². The number of benzene rings is 2. The molecule has 3 aromatic heterocycles. The van der Waals surface area contributed by atoms with Gasteiger partial charge in [0.25, 0.3) is 0 Å². The monoisotopic (exact) mass is 447 g/mol. The van der Waals surface area contributed by atoms with Crippen LogP contribution in [-0.2, 0) is 6.54 Å². The lowest BCUT2D eigenvalue weighted by Gasteiger charge is -2.14. The van der Waals surface area contributed by atoms with Gasteiger partial charge in [0.05, 0.1) is 23.1 Å².